The Hall–Kier alpha value is -2.45. The van der Waals surface area contributed by atoms with Gasteiger partial charge in [-0.1, -0.05) is 6.07 Å². The van der Waals surface area contributed by atoms with Crippen LogP contribution in [0.3, 0.4) is 0 Å². The number of rotatable bonds is 9. The van der Waals surface area contributed by atoms with Crippen LogP contribution in [-0.4, -0.2) is 38.4 Å². The highest BCUT2D eigenvalue weighted by Crippen LogP contribution is 2.31. The van der Waals surface area contributed by atoms with Crippen LogP contribution in [0.2, 0.25) is 0 Å². The number of amides is 1. The van der Waals surface area contributed by atoms with Crippen LogP contribution in [0.4, 0.5) is 13.2 Å². The number of nitrogens with one attached hydrogen (secondary N) is 1. The molecule has 0 aliphatic carbocycles. The fourth-order valence-corrected chi connectivity index (χ4v) is 2.07. The fraction of sp³-hybridized carbons (Fsp3) is 0.529. The third kappa shape index (κ3) is 6.81. The molecular weight excluding hydrogens is 355 g/mol. The molecule has 0 aliphatic heterocycles. The summed E-state index contributed by atoms with van der Waals surface area (Å²) in [6.45, 7) is 3.71. The fourth-order valence-electron chi connectivity index (χ4n) is 2.07. The Bertz CT molecular complexity index is 619. The summed E-state index contributed by atoms with van der Waals surface area (Å²) in [5.74, 6) is -1.63. The first-order valence-electron chi connectivity index (χ1n) is 8.03. The van der Waals surface area contributed by atoms with Gasteiger partial charge in [0.05, 0.1) is 26.4 Å². The first kappa shape index (κ1) is 21.6. The Morgan fingerprint density at radius 3 is 2.50 bits per heavy atom. The van der Waals surface area contributed by atoms with Crippen molar-refractivity contribution < 1.29 is 37.0 Å². The maximum Gasteiger partial charge on any atom is 0.471 e. The molecule has 26 heavy (non-hydrogen) atoms. The molecular formula is C17H22F3NO5. The molecule has 0 saturated heterocycles. The van der Waals surface area contributed by atoms with Crippen LogP contribution in [0.15, 0.2) is 18.2 Å². The smallest absolute Gasteiger partial charge is 0.471 e. The first-order valence-corrected chi connectivity index (χ1v) is 8.03. The standard InChI is InChI=1S/C17H22F3NO5/c1-4-25-15(22)6-5-9-26-13-8-7-12(10-14(13)24-3)11(2)21-16(23)17(18,19)20/h7-8,10-11H,4-6,9H2,1-3H3,(H,21,23). The van der Waals surface area contributed by atoms with Crippen LogP contribution in [0.25, 0.3) is 0 Å². The van der Waals surface area contributed by atoms with Crippen molar-refractivity contribution in [1.29, 1.82) is 0 Å². The Balaban J connectivity index is 2.66. The minimum absolute atomic E-state index is 0.217. The Morgan fingerprint density at radius 1 is 1.23 bits per heavy atom. The lowest BCUT2D eigenvalue weighted by molar-refractivity contribution is -0.174. The van der Waals surface area contributed by atoms with Crippen LogP contribution in [0.1, 0.15) is 38.3 Å². The van der Waals surface area contributed by atoms with Crippen molar-refractivity contribution >= 4 is 11.9 Å². The molecule has 1 atom stereocenters. The van der Waals surface area contributed by atoms with Gasteiger partial charge >= 0.3 is 18.1 Å². The number of hydrogen-bond acceptors (Lipinski definition) is 5. The molecule has 146 valence electrons. The lowest BCUT2D eigenvalue weighted by Gasteiger charge is -2.18. The van der Waals surface area contributed by atoms with E-state index in [-0.39, 0.29) is 19.0 Å². The minimum atomic E-state index is -4.94. The topological polar surface area (TPSA) is 73.9 Å². The number of hydrogen-bond donors (Lipinski definition) is 1. The van der Waals surface area contributed by atoms with Crippen molar-refractivity contribution in [2.75, 3.05) is 20.3 Å². The molecule has 1 amide bonds. The van der Waals surface area contributed by atoms with Crippen LogP contribution < -0.4 is 14.8 Å². The van der Waals surface area contributed by atoms with Gasteiger partial charge in [0.15, 0.2) is 11.5 Å². The summed E-state index contributed by atoms with van der Waals surface area (Å²) < 4.78 is 52.5. The number of halogens is 3. The van der Waals surface area contributed by atoms with Gasteiger partial charge in [-0.15, -0.1) is 0 Å². The lowest BCUT2D eigenvalue weighted by atomic mass is 10.1. The quantitative estimate of drug-likeness (QED) is 0.529. The molecule has 0 aromatic heterocycles. The van der Waals surface area contributed by atoms with E-state index >= 15 is 0 Å². The van der Waals surface area contributed by atoms with Crippen molar-refractivity contribution in [2.45, 2.75) is 38.9 Å². The summed E-state index contributed by atoms with van der Waals surface area (Å²) in [7, 11) is 1.39. The largest absolute Gasteiger partial charge is 0.493 e. The normalized spacial score (nSPS) is 12.2. The second-order valence-electron chi connectivity index (χ2n) is 5.36. The molecule has 0 fully saturated rings. The first-order chi connectivity index (χ1) is 12.2. The zero-order valence-corrected chi connectivity index (χ0v) is 14.8. The van der Waals surface area contributed by atoms with E-state index in [1.54, 1.807) is 6.92 Å². The minimum Gasteiger partial charge on any atom is -0.493 e. The number of benzene rings is 1. The van der Waals surface area contributed by atoms with Crippen LogP contribution in [0, 0.1) is 0 Å². The lowest BCUT2D eigenvalue weighted by Crippen LogP contribution is -2.38. The highest BCUT2D eigenvalue weighted by Gasteiger charge is 2.39. The Labute approximate surface area is 149 Å². The van der Waals surface area contributed by atoms with Gasteiger partial charge in [-0.3, -0.25) is 9.59 Å². The third-order valence-corrected chi connectivity index (χ3v) is 3.38. The summed E-state index contributed by atoms with van der Waals surface area (Å²) in [5.41, 5.74) is 0.429. The maximum atomic E-state index is 12.3. The Kier molecular flexibility index (Phi) is 8.21. The van der Waals surface area contributed by atoms with Gasteiger partial charge in [0.25, 0.3) is 0 Å². The molecule has 1 aromatic carbocycles. The number of methoxy groups -OCH3 is 1. The summed E-state index contributed by atoms with van der Waals surface area (Å²) >= 11 is 0. The van der Waals surface area contributed by atoms with E-state index < -0.39 is 18.1 Å². The van der Waals surface area contributed by atoms with E-state index in [4.69, 9.17) is 14.2 Å². The van der Waals surface area contributed by atoms with E-state index in [2.05, 4.69) is 0 Å². The number of esters is 1. The molecule has 0 saturated carbocycles. The zero-order valence-electron chi connectivity index (χ0n) is 14.8. The second-order valence-corrected chi connectivity index (χ2v) is 5.36. The van der Waals surface area contributed by atoms with E-state index in [1.165, 1.54) is 32.2 Å². The SMILES string of the molecule is CCOC(=O)CCCOc1ccc(C(C)NC(=O)C(F)(F)F)cc1OC. The third-order valence-electron chi connectivity index (χ3n) is 3.38. The van der Waals surface area contributed by atoms with Gasteiger partial charge in [-0.05, 0) is 38.0 Å². The average molecular weight is 377 g/mol. The van der Waals surface area contributed by atoms with Crippen molar-refractivity contribution in [3.63, 3.8) is 0 Å². The Morgan fingerprint density at radius 2 is 1.92 bits per heavy atom. The van der Waals surface area contributed by atoms with E-state index in [1.807, 2.05) is 5.32 Å². The van der Waals surface area contributed by atoms with Gasteiger partial charge in [0, 0.05) is 6.42 Å². The predicted molar refractivity (Wildman–Crippen MR) is 87.0 cm³/mol. The number of ether oxygens (including phenoxy) is 3. The number of alkyl halides is 3. The van der Waals surface area contributed by atoms with Crippen LogP contribution in [-0.2, 0) is 14.3 Å². The van der Waals surface area contributed by atoms with Crippen LogP contribution in [0.5, 0.6) is 11.5 Å². The molecule has 9 heteroatoms. The van der Waals surface area contributed by atoms with Crippen molar-refractivity contribution in [2.24, 2.45) is 0 Å². The molecule has 0 heterocycles. The highest BCUT2D eigenvalue weighted by atomic mass is 19.4. The summed E-state index contributed by atoms with van der Waals surface area (Å²) in [6.07, 6.45) is -4.28. The monoisotopic (exact) mass is 377 g/mol. The van der Waals surface area contributed by atoms with Gasteiger partial charge in [0.1, 0.15) is 0 Å². The van der Waals surface area contributed by atoms with Gasteiger partial charge in [-0.25, -0.2) is 0 Å². The zero-order chi connectivity index (χ0) is 19.7. The van der Waals surface area contributed by atoms with Gasteiger partial charge < -0.3 is 19.5 Å². The summed E-state index contributed by atoms with van der Waals surface area (Å²) in [5, 5.41) is 1.87. The average Bonchev–Trinajstić information content (AvgIpc) is 2.58. The van der Waals surface area contributed by atoms with E-state index in [0.717, 1.165) is 0 Å². The molecule has 1 rings (SSSR count). The molecule has 0 radical (unpaired) electrons. The molecule has 1 N–H and O–H groups in total. The molecule has 6 nitrogen and oxygen atoms in total. The molecule has 1 unspecified atom stereocenters. The van der Waals surface area contributed by atoms with E-state index in [9.17, 15) is 22.8 Å². The molecule has 0 aliphatic rings. The highest BCUT2D eigenvalue weighted by molar-refractivity contribution is 5.82. The van der Waals surface area contributed by atoms with Gasteiger partial charge in [0.2, 0.25) is 0 Å². The summed E-state index contributed by atoms with van der Waals surface area (Å²) in [6, 6.07) is 3.69. The molecule has 0 bridgehead atoms. The van der Waals surface area contributed by atoms with Crippen molar-refractivity contribution in [1.82, 2.24) is 5.32 Å². The summed E-state index contributed by atoms with van der Waals surface area (Å²) in [4.78, 5) is 22.3. The second kappa shape index (κ2) is 9.88. The maximum absolute atomic E-state index is 12.3. The van der Waals surface area contributed by atoms with Crippen molar-refractivity contribution in [3.05, 3.63) is 23.8 Å². The predicted octanol–water partition coefficient (Wildman–Crippen LogP) is 3.16. The van der Waals surface area contributed by atoms with Crippen LogP contribution >= 0.6 is 0 Å². The molecule has 1 aromatic rings. The van der Waals surface area contributed by atoms with E-state index in [0.29, 0.717) is 30.1 Å². The molecule has 0 spiro atoms. The number of carbonyl (C=O) groups excluding carboxylic acids is 2. The number of carbonyl (C=O) groups is 2. The van der Waals surface area contributed by atoms with Gasteiger partial charge in [-0.2, -0.15) is 13.2 Å². The van der Waals surface area contributed by atoms with Crippen molar-refractivity contribution in [3.8, 4) is 11.5 Å².